The average Bonchev–Trinajstić information content (AvgIpc) is 2.23. The lowest BCUT2D eigenvalue weighted by Crippen LogP contribution is -1.66. The van der Waals surface area contributed by atoms with E-state index in [4.69, 9.17) is 11.8 Å². The molecule has 1 aromatic carbocycles. The Labute approximate surface area is 80.3 Å². The molecule has 2 heteroatoms. The third-order valence-electron chi connectivity index (χ3n) is 0.903. The first-order valence-electron chi connectivity index (χ1n) is 4.06. The van der Waals surface area contributed by atoms with Gasteiger partial charge in [0.2, 0.25) is 7.05 Å². The van der Waals surface area contributed by atoms with Gasteiger partial charge in [-0.25, -0.2) is 6.57 Å². The second-order valence-corrected chi connectivity index (χ2v) is 1.70. The zero-order chi connectivity index (χ0) is 10.5. The Morgan fingerprint density at radius 2 is 1.62 bits per heavy atom. The first-order chi connectivity index (χ1) is 6.35. The van der Waals surface area contributed by atoms with E-state index in [9.17, 15) is 0 Å². The Morgan fingerprint density at radius 3 is 1.85 bits per heavy atom. The molecule has 2 nitrogen and oxygen atoms in total. The Morgan fingerprint density at radius 1 is 1.23 bits per heavy atom. The van der Waals surface area contributed by atoms with Gasteiger partial charge in [-0.3, -0.25) is 0 Å². The van der Waals surface area contributed by atoms with Gasteiger partial charge in [0.25, 0.3) is 0 Å². The van der Waals surface area contributed by atoms with E-state index in [2.05, 4.69) is 4.85 Å². The fourth-order valence-electron chi connectivity index (χ4n) is 0.513. The highest BCUT2D eigenvalue weighted by Gasteiger charge is 1.79. The molecule has 0 aromatic heterocycles. The molecule has 0 aliphatic carbocycles. The van der Waals surface area contributed by atoms with Gasteiger partial charge in [0.1, 0.15) is 0 Å². The number of hydrogen-bond acceptors (Lipinski definition) is 1. The third-order valence-corrected chi connectivity index (χ3v) is 0.903. The number of benzene rings is 1. The summed E-state index contributed by atoms with van der Waals surface area (Å²) in [6, 6.07) is 11.2. The van der Waals surface area contributed by atoms with Crippen molar-refractivity contribution >= 4 is 0 Å². The van der Waals surface area contributed by atoms with Crippen LogP contribution in [0, 0.1) is 17.9 Å². The number of rotatable bonds is 0. The highest BCUT2D eigenvalue weighted by atomic mass is 14.5. The van der Waals surface area contributed by atoms with Crippen LogP contribution in [0.5, 0.6) is 0 Å². The third kappa shape index (κ3) is 10.2. The first-order valence-corrected chi connectivity index (χ1v) is 4.06. The fraction of sp³-hybridized carbons (Fsp3) is 0.273. The van der Waals surface area contributed by atoms with Gasteiger partial charge < -0.3 is 4.85 Å². The minimum atomic E-state index is 0.715. The molecule has 0 bridgehead atoms. The minimum absolute atomic E-state index is 0.715. The van der Waals surface area contributed by atoms with Crippen LogP contribution in [0.15, 0.2) is 30.3 Å². The van der Waals surface area contributed by atoms with Crippen LogP contribution >= 0.6 is 0 Å². The Bertz CT molecular complexity index is 264. The van der Waals surface area contributed by atoms with Crippen molar-refractivity contribution in [3.63, 3.8) is 0 Å². The predicted octanol–water partition coefficient (Wildman–Crippen LogP) is 3.12. The van der Waals surface area contributed by atoms with Crippen molar-refractivity contribution in [1.29, 1.82) is 5.26 Å². The van der Waals surface area contributed by atoms with Crippen LogP contribution in [0.2, 0.25) is 0 Å². The summed E-state index contributed by atoms with van der Waals surface area (Å²) in [5.41, 5.74) is 0.715. The van der Waals surface area contributed by atoms with Crippen molar-refractivity contribution in [2.24, 2.45) is 0 Å². The van der Waals surface area contributed by atoms with E-state index >= 15 is 0 Å². The maximum absolute atomic E-state index is 8.29. The summed E-state index contributed by atoms with van der Waals surface area (Å²) in [5.74, 6) is 0. The molecule has 1 aromatic rings. The van der Waals surface area contributed by atoms with E-state index < -0.39 is 0 Å². The smallest absolute Gasteiger partial charge is 0.205 e. The molecule has 0 radical (unpaired) electrons. The van der Waals surface area contributed by atoms with E-state index in [-0.39, 0.29) is 0 Å². The SMILES string of the molecule is CC.N#Cc1ccccc1.[C-]#[N+]C. The van der Waals surface area contributed by atoms with Crippen LogP contribution < -0.4 is 0 Å². The average molecular weight is 174 g/mol. The van der Waals surface area contributed by atoms with Crippen molar-refractivity contribution in [3.8, 4) is 6.07 Å². The second-order valence-electron chi connectivity index (χ2n) is 1.70. The van der Waals surface area contributed by atoms with Gasteiger partial charge in [-0.15, -0.1) is 0 Å². The Kier molecular flexibility index (Phi) is 13.6. The fourth-order valence-corrected chi connectivity index (χ4v) is 0.513. The van der Waals surface area contributed by atoms with Crippen molar-refractivity contribution in [3.05, 3.63) is 47.3 Å². The minimum Gasteiger partial charge on any atom is -0.320 e. The monoisotopic (exact) mass is 174 g/mol. The summed E-state index contributed by atoms with van der Waals surface area (Å²) in [7, 11) is 1.42. The molecule has 0 heterocycles. The molecule has 13 heavy (non-hydrogen) atoms. The lowest BCUT2D eigenvalue weighted by Gasteiger charge is -1.80. The van der Waals surface area contributed by atoms with Gasteiger partial charge in [0.15, 0.2) is 0 Å². The number of hydrogen-bond donors (Lipinski definition) is 0. The molecule has 68 valence electrons. The largest absolute Gasteiger partial charge is 0.320 e. The van der Waals surface area contributed by atoms with Crippen molar-refractivity contribution in [1.82, 2.24) is 0 Å². The van der Waals surface area contributed by atoms with Gasteiger partial charge in [0.05, 0.1) is 11.6 Å². The molecule has 0 atom stereocenters. The van der Waals surface area contributed by atoms with Crippen LogP contribution in [-0.2, 0) is 0 Å². The predicted molar refractivity (Wildman–Crippen MR) is 55.0 cm³/mol. The Balaban J connectivity index is 0. The molecule has 0 aliphatic rings. The van der Waals surface area contributed by atoms with E-state index in [1.165, 1.54) is 7.05 Å². The maximum atomic E-state index is 8.29. The molecule has 0 unspecified atom stereocenters. The molecular weight excluding hydrogens is 160 g/mol. The van der Waals surface area contributed by atoms with Crippen molar-refractivity contribution in [2.75, 3.05) is 7.05 Å². The zero-order valence-corrected chi connectivity index (χ0v) is 8.28. The van der Waals surface area contributed by atoms with Crippen molar-refractivity contribution in [2.45, 2.75) is 13.8 Å². The normalized spacial score (nSPS) is 5.92. The molecule has 0 saturated heterocycles. The quantitative estimate of drug-likeness (QED) is 0.555. The summed E-state index contributed by atoms with van der Waals surface area (Å²) in [5, 5.41) is 8.29. The standard InChI is InChI=1S/C7H5N.C2H3N.C2H6/c8-6-7-4-2-1-3-5-7;1-3-2;1-2/h1-5H;1H3;1-2H3. The number of nitriles is 1. The highest BCUT2D eigenvalue weighted by Crippen LogP contribution is 1.92. The summed E-state index contributed by atoms with van der Waals surface area (Å²) in [4.78, 5) is 2.75. The molecule has 0 saturated carbocycles. The lowest BCUT2D eigenvalue weighted by molar-refractivity contribution is 1.49. The number of nitrogens with zero attached hydrogens (tertiary/aromatic N) is 2. The molecule has 1 rings (SSSR count). The summed E-state index contributed by atoms with van der Waals surface area (Å²) in [6.07, 6.45) is 0. The molecule has 0 amide bonds. The molecule has 0 N–H and O–H groups in total. The van der Waals surface area contributed by atoms with Crippen LogP contribution in [0.1, 0.15) is 19.4 Å². The highest BCUT2D eigenvalue weighted by molar-refractivity contribution is 5.27. The van der Waals surface area contributed by atoms with Gasteiger partial charge >= 0.3 is 0 Å². The second kappa shape index (κ2) is 12.8. The summed E-state index contributed by atoms with van der Waals surface area (Å²) >= 11 is 0. The van der Waals surface area contributed by atoms with Gasteiger partial charge in [0, 0.05) is 0 Å². The van der Waals surface area contributed by atoms with Crippen molar-refractivity contribution < 1.29 is 0 Å². The molecule has 0 fully saturated rings. The molecule has 0 aliphatic heterocycles. The van der Waals surface area contributed by atoms with Gasteiger partial charge in [-0.2, -0.15) is 5.26 Å². The van der Waals surface area contributed by atoms with Gasteiger partial charge in [-0.05, 0) is 12.1 Å². The Hall–Kier alpha value is -1.80. The first kappa shape index (κ1) is 13.8. The van der Waals surface area contributed by atoms with Crippen LogP contribution in [0.25, 0.3) is 4.85 Å². The van der Waals surface area contributed by atoms with Crippen LogP contribution in [0.4, 0.5) is 0 Å². The zero-order valence-electron chi connectivity index (χ0n) is 8.28. The lowest BCUT2D eigenvalue weighted by atomic mass is 10.2. The maximum Gasteiger partial charge on any atom is 0.205 e. The van der Waals surface area contributed by atoms with Crippen LogP contribution in [0.3, 0.4) is 0 Å². The summed E-state index contributed by atoms with van der Waals surface area (Å²) < 4.78 is 0. The van der Waals surface area contributed by atoms with E-state index in [1.807, 2.05) is 38.1 Å². The summed E-state index contributed by atoms with van der Waals surface area (Å²) in [6.45, 7) is 9.83. The van der Waals surface area contributed by atoms with E-state index in [0.717, 1.165) is 0 Å². The van der Waals surface area contributed by atoms with E-state index in [0.29, 0.717) is 5.56 Å². The van der Waals surface area contributed by atoms with E-state index in [1.54, 1.807) is 12.1 Å². The van der Waals surface area contributed by atoms with Gasteiger partial charge in [-0.1, -0.05) is 32.0 Å². The van der Waals surface area contributed by atoms with Crippen LogP contribution in [-0.4, -0.2) is 7.05 Å². The molecule has 0 spiro atoms. The molecular formula is C11H14N2. The topological polar surface area (TPSA) is 28.1 Å².